The van der Waals surface area contributed by atoms with Gasteiger partial charge in [0, 0.05) is 33.4 Å². The van der Waals surface area contributed by atoms with E-state index in [4.69, 9.17) is 24.9 Å². The lowest BCUT2D eigenvalue weighted by Crippen LogP contribution is -2.01. The van der Waals surface area contributed by atoms with E-state index in [-0.39, 0.29) is 0 Å². The van der Waals surface area contributed by atoms with Gasteiger partial charge in [-0.1, -0.05) is 231 Å². The second-order valence-corrected chi connectivity index (χ2v) is 15.6. The van der Waals surface area contributed by atoms with Gasteiger partial charge in [0.25, 0.3) is 0 Å². The summed E-state index contributed by atoms with van der Waals surface area (Å²) in [4.78, 5) is 25.2. The summed E-state index contributed by atoms with van der Waals surface area (Å²) in [6, 6.07) is 81.9. The number of hydrogen-bond acceptors (Lipinski definition) is 5. The van der Waals surface area contributed by atoms with Crippen LogP contribution in [0.2, 0.25) is 0 Å². The number of rotatable bonds is 9. The van der Waals surface area contributed by atoms with Crippen molar-refractivity contribution in [3.8, 4) is 101 Å². The van der Waals surface area contributed by atoms with Crippen molar-refractivity contribution in [2.75, 3.05) is 0 Å². The molecule has 0 bridgehead atoms. The zero-order valence-corrected chi connectivity index (χ0v) is 34.8. The molecule has 9 aromatic carbocycles. The standard InChI is InChI=1S/C59H39N5/c1-5-18-43(19-6-1)53-39-54(61-56(60-53)46-20-7-2-8-21-46)44-33-29-40(30-34-44)41-31-35-45(36-32-41)55-49-26-14-13-17-42(49)37-38-51(55)50-27-15-16-28-52(50)59-63-57(47-22-9-3-10-23-47)62-58(64-59)48-24-11-4-12-25-48/h1-39H. The van der Waals surface area contributed by atoms with Crippen LogP contribution in [0.5, 0.6) is 0 Å². The number of nitrogens with zero attached hydrogens (tertiary/aromatic N) is 5. The Hall–Kier alpha value is -8.67. The van der Waals surface area contributed by atoms with Crippen molar-refractivity contribution in [1.29, 1.82) is 0 Å². The highest BCUT2D eigenvalue weighted by molar-refractivity contribution is 6.06. The molecule has 0 unspecified atom stereocenters. The van der Waals surface area contributed by atoms with Gasteiger partial charge in [-0.3, -0.25) is 0 Å². The summed E-state index contributed by atoms with van der Waals surface area (Å²) in [5, 5.41) is 2.35. The van der Waals surface area contributed by atoms with E-state index in [1.807, 2.05) is 97.1 Å². The fraction of sp³-hybridized carbons (Fsp3) is 0. The van der Waals surface area contributed by atoms with Gasteiger partial charge in [0.1, 0.15) is 0 Å². The number of fused-ring (bicyclic) bond motifs is 1. The predicted octanol–water partition coefficient (Wildman–Crippen LogP) is 14.8. The molecule has 0 spiro atoms. The second-order valence-electron chi connectivity index (χ2n) is 15.6. The molecule has 11 aromatic rings. The summed E-state index contributed by atoms with van der Waals surface area (Å²) in [5.74, 6) is 2.59. The lowest BCUT2D eigenvalue weighted by atomic mass is 9.87. The SMILES string of the molecule is c1ccc(-c2cc(-c3ccc(-c4ccc(-c5c(-c6ccccc6-c6nc(-c7ccccc7)nc(-c7ccccc7)n6)ccc6ccccc56)cc4)cc3)nc(-c3ccccc3)n2)cc1. The van der Waals surface area contributed by atoms with Gasteiger partial charge in [0.2, 0.25) is 0 Å². The maximum Gasteiger partial charge on any atom is 0.164 e. The van der Waals surface area contributed by atoms with Gasteiger partial charge in [-0.2, -0.15) is 0 Å². The van der Waals surface area contributed by atoms with Crippen molar-refractivity contribution in [3.05, 3.63) is 237 Å². The molecule has 0 saturated carbocycles. The fourth-order valence-corrected chi connectivity index (χ4v) is 8.38. The van der Waals surface area contributed by atoms with Crippen LogP contribution in [-0.4, -0.2) is 24.9 Å². The van der Waals surface area contributed by atoms with E-state index in [1.165, 1.54) is 10.8 Å². The average molecular weight is 818 g/mol. The van der Waals surface area contributed by atoms with Crippen LogP contribution in [0.3, 0.4) is 0 Å². The molecule has 0 amide bonds. The first-order chi connectivity index (χ1) is 31.7. The van der Waals surface area contributed by atoms with Gasteiger partial charge in [-0.15, -0.1) is 0 Å². The van der Waals surface area contributed by atoms with Crippen molar-refractivity contribution in [1.82, 2.24) is 24.9 Å². The molecule has 0 aliphatic carbocycles. The van der Waals surface area contributed by atoms with E-state index in [0.29, 0.717) is 23.3 Å². The Kier molecular flexibility index (Phi) is 10.2. The maximum absolute atomic E-state index is 5.13. The van der Waals surface area contributed by atoms with Crippen LogP contribution in [0.15, 0.2) is 237 Å². The molecule has 0 aliphatic heterocycles. The van der Waals surface area contributed by atoms with Crippen molar-refractivity contribution in [2.24, 2.45) is 0 Å². The van der Waals surface area contributed by atoms with Crippen LogP contribution in [0.25, 0.3) is 112 Å². The highest BCUT2D eigenvalue weighted by atomic mass is 15.0. The van der Waals surface area contributed by atoms with Crippen molar-refractivity contribution < 1.29 is 0 Å². The lowest BCUT2D eigenvalue weighted by Gasteiger charge is -2.17. The van der Waals surface area contributed by atoms with Crippen LogP contribution < -0.4 is 0 Å². The van der Waals surface area contributed by atoms with Gasteiger partial charge in [-0.05, 0) is 50.2 Å². The van der Waals surface area contributed by atoms with Gasteiger partial charge in [0.15, 0.2) is 23.3 Å². The molecular weight excluding hydrogens is 779 g/mol. The molecule has 5 nitrogen and oxygen atoms in total. The first kappa shape index (κ1) is 38.3. The topological polar surface area (TPSA) is 64.5 Å². The third-order valence-electron chi connectivity index (χ3n) is 11.6. The van der Waals surface area contributed by atoms with E-state index in [2.05, 4.69) is 140 Å². The van der Waals surface area contributed by atoms with Crippen molar-refractivity contribution in [3.63, 3.8) is 0 Å². The lowest BCUT2D eigenvalue weighted by molar-refractivity contribution is 1.07. The van der Waals surface area contributed by atoms with Crippen molar-refractivity contribution in [2.45, 2.75) is 0 Å². The summed E-state index contributed by atoms with van der Waals surface area (Å²) in [6.07, 6.45) is 0. The summed E-state index contributed by atoms with van der Waals surface area (Å²) in [5.41, 5.74) is 14.3. The van der Waals surface area contributed by atoms with Crippen LogP contribution in [0, 0.1) is 0 Å². The third kappa shape index (κ3) is 7.63. The Labute approximate surface area is 372 Å². The summed E-state index contributed by atoms with van der Waals surface area (Å²) < 4.78 is 0. The average Bonchev–Trinajstić information content (AvgIpc) is 3.39. The Morgan fingerprint density at radius 1 is 0.219 bits per heavy atom. The first-order valence-corrected chi connectivity index (χ1v) is 21.4. The zero-order valence-electron chi connectivity index (χ0n) is 34.8. The Morgan fingerprint density at radius 2 is 0.609 bits per heavy atom. The minimum absolute atomic E-state index is 0.621. The Bertz CT molecular complexity index is 3280. The highest BCUT2D eigenvalue weighted by Crippen LogP contribution is 2.42. The molecule has 0 saturated heterocycles. The van der Waals surface area contributed by atoms with Gasteiger partial charge in [0.05, 0.1) is 11.4 Å². The molecule has 300 valence electrons. The maximum atomic E-state index is 5.13. The highest BCUT2D eigenvalue weighted by Gasteiger charge is 2.19. The van der Waals surface area contributed by atoms with Crippen molar-refractivity contribution >= 4 is 10.8 Å². The van der Waals surface area contributed by atoms with Crippen LogP contribution in [-0.2, 0) is 0 Å². The molecule has 64 heavy (non-hydrogen) atoms. The molecule has 0 atom stereocenters. The number of hydrogen-bond donors (Lipinski definition) is 0. The molecule has 5 heteroatoms. The third-order valence-corrected chi connectivity index (χ3v) is 11.6. The molecule has 0 fully saturated rings. The second kappa shape index (κ2) is 17.0. The largest absolute Gasteiger partial charge is 0.228 e. The minimum Gasteiger partial charge on any atom is -0.228 e. The van der Waals surface area contributed by atoms with E-state index < -0.39 is 0 Å². The zero-order chi connectivity index (χ0) is 42.7. The molecule has 2 heterocycles. The van der Waals surface area contributed by atoms with Crippen LogP contribution in [0.4, 0.5) is 0 Å². The first-order valence-electron chi connectivity index (χ1n) is 21.4. The Balaban J connectivity index is 0.975. The van der Waals surface area contributed by atoms with E-state index in [0.717, 1.165) is 78.1 Å². The predicted molar refractivity (Wildman–Crippen MR) is 262 cm³/mol. The fourth-order valence-electron chi connectivity index (χ4n) is 8.38. The molecule has 11 rings (SSSR count). The molecule has 0 aliphatic rings. The smallest absolute Gasteiger partial charge is 0.164 e. The monoisotopic (exact) mass is 817 g/mol. The quantitative estimate of drug-likeness (QED) is 0.145. The van der Waals surface area contributed by atoms with Gasteiger partial charge < -0.3 is 0 Å². The van der Waals surface area contributed by atoms with Crippen LogP contribution in [0.1, 0.15) is 0 Å². The number of aromatic nitrogens is 5. The molecule has 0 radical (unpaired) electrons. The summed E-state index contributed by atoms with van der Waals surface area (Å²) in [7, 11) is 0. The normalized spacial score (nSPS) is 11.1. The molecular formula is C59H39N5. The summed E-state index contributed by atoms with van der Waals surface area (Å²) in [6.45, 7) is 0. The molecule has 0 N–H and O–H groups in total. The minimum atomic E-state index is 0.621. The van der Waals surface area contributed by atoms with E-state index in [9.17, 15) is 0 Å². The van der Waals surface area contributed by atoms with Crippen LogP contribution >= 0.6 is 0 Å². The van der Waals surface area contributed by atoms with Gasteiger partial charge in [-0.25, -0.2) is 24.9 Å². The van der Waals surface area contributed by atoms with Gasteiger partial charge >= 0.3 is 0 Å². The van der Waals surface area contributed by atoms with E-state index >= 15 is 0 Å². The Morgan fingerprint density at radius 3 is 1.16 bits per heavy atom. The number of benzene rings is 9. The summed E-state index contributed by atoms with van der Waals surface area (Å²) >= 11 is 0. The molecule has 2 aromatic heterocycles. The van der Waals surface area contributed by atoms with E-state index in [1.54, 1.807) is 0 Å².